The number of aliphatic imine (C=N–C) groups is 2. The Kier molecular flexibility index (Phi) is 9.29. The molecule has 15 nitrogen and oxygen atoms in total. The van der Waals surface area contributed by atoms with E-state index in [4.69, 9.17) is 5.73 Å². The van der Waals surface area contributed by atoms with Crippen molar-refractivity contribution in [2.75, 3.05) is 6.54 Å². The van der Waals surface area contributed by atoms with E-state index < -0.39 is 28.7 Å². The molecule has 6 aliphatic rings. The standard InChI is InChI=1S/C37H41N9O6S2/c1-17-3-5-21(41-17)29-19(36(7-8-36)45-33(29)51)11-26(48)39-13-25(47)23-15-54-35(44-23)31(38)32(50)24-16-53-28(43-24)14-40-27(49)12-20-30(22-6-4-18(2)42-22)34(52)46-37(20)9-10-37/h15-18,31H,3-14,38H2,1-2H3,(H,39,48)(H,40,49)(H,45,51)(H,46,52)/t17-,18-,31-/m0/s1. The second kappa shape index (κ2) is 13.8. The summed E-state index contributed by atoms with van der Waals surface area (Å²) in [5.74, 6) is -1.90. The Morgan fingerprint density at radius 2 is 1.35 bits per heavy atom. The molecule has 0 radical (unpaired) electrons. The van der Waals surface area contributed by atoms with Crippen LogP contribution in [0.2, 0.25) is 0 Å². The second-order valence-corrected chi connectivity index (χ2v) is 16.9. The number of ketones is 2. The molecule has 2 aromatic heterocycles. The average Bonchev–Trinajstić information content (AvgIpc) is 3.57. The Hall–Kier alpha value is -4.74. The molecule has 2 aromatic rings. The molecule has 3 atom stereocenters. The van der Waals surface area contributed by atoms with Gasteiger partial charge in [0.25, 0.3) is 11.8 Å². The summed E-state index contributed by atoms with van der Waals surface area (Å²) >= 11 is 2.27. The fourth-order valence-electron chi connectivity index (χ4n) is 7.78. The number of hydrogen-bond acceptors (Lipinski definition) is 13. The third kappa shape index (κ3) is 6.88. The first-order valence-corrected chi connectivity index (χ1v) is 20.1. The molecule has 0 unspecified atom stereocenters. The van der Waals surface area contributed by atoms with Crippen LogP contribution in [0.1, 0.15) is 115 Å². The number of carbonyl (C=O) groups is 6. The highest BCUT2D eigenvalue weighted by molar-refractivity contribution is 7.10. The van der Waals surface area contributed by atoms with Crippen LogP contribution in [0.25, 0.3) is 0 Å². The van der Waals surface area contributed by atoms with Crippen LogP contribution in [-0.2, 0) is 25.7 Å². The predicted molar refractivity (Wildman–Crippen MR) is 200 cm³/mol. The van der Waals surface area contributed by atoms with Crippen molar-refractivity contribution >= 4 is 69.3 Å². The largest absolute Gasteiger partial charge is 0.349 e. The average molecular weight is 772 g/mol. The second-order valence-electron chi connectivity index (χ2n) is 15.1. The highest BCUT2D eigenvalue weighted by Gasteiger charge is 2.56. The van der Waals surface area contributed by atoms with E-state index in [-0.39, 0.29) is 78.0 Å². The zero-order valence-electron chi connectivity index (χ0n) is 30.0. The van der Waals surface area contributed by atoms with Crippen molar-refractivity contribution in [1.82, 2.24) is 31.2 Å². The number of aromatic nitrogens is 2. The van der Waals surface area contributed by atoms with Crippen molar-refractivity contribution in [1.29, 1.82) is 0 Å². The van der Waals surface area contributed by atoms with Crippen molar-refractivity contribution in [3.63, 3.8) is 0 Å². The van der Waals surface area contributed by atoms with Crippen LogP contribution in [0, 0.1) is 0 Å². The van der Waals surface area contributed by atoms with Crippen molar-refractivity contribution < 1.29 is 28.8 Å². The van der Waals surface area contributed by atoms with Gasteiger partial charge >= 0.3 is 0 Å². The van der Waals surface area contributed by atoms with Crippen molar-refractivity contribution in [3.8, 4) is 0 Å². The van der Waals surface area contributed by atoms with Gasteiger partial charge in [0.2, 0.25) is 23.4 Å². The number of rotatable bonds is 14. The van der Waals surface area contributed by atoms with E-state index in [0.717, 1.165) is 78.9 Å². The molecule has 6 N–H and O–H groups in total. The predicted octanol–water partition coefficient (Wildman–Crippen LogP) is 2.34. The molecular weight excluding hydrogens is 731 g/mol. The first kappa shape index (κ1) is 36.2. The summed E-state index contributed by atoms with van der Waals surface area (Å²) in [4.78, 5) is 96.0. The van der Waals surface area contributed by atoms with E-state index >= 15 is 0 Å². The number of nitrogens with one attached hydrogen (secondary N) is 4. The lowest BCUT2D eigenvalue weighted by Gasteiger charge is -2.13. The maximum atomic E-state index is 13.3. The summed E-state index contributed by atoms with van der Waals surface area (Å²) in [6, 6.07) is -0.875. The minimum absolute atomic E-state index is 0.0104. The molecule has 54 heavy (non-hydrogen) atoms. The first-order valence-electron chi connectivity index (χ1n) is 18.4. The molecular formula is C37H41N9O6S2. The van der Waals surface area contributed by atoms with E-state index in [0.29, 0.717) is 22.6 Å². The highest BCUT2D eigenvalue weighted by Crippen LogP contribution is 2.50. The van der Waals surface area contributed by atoms with E-state index in [9.17, 15) is 28.8 Å². The summed E-state index contributed by atoms with van der Waals surface area (Å²) in [6.07, 6.45) is 6.37. The van der Waals surface area contributed by atoms with Gasteiger partial charge in [0.1, 0.15) is 27.4 Å². The van der Waals surface area contributed by atoms with Gasteiger partial charge in [-0.1, -0.05) is 0 Å². The molecule has 2 aliphatic carbocycles. The number of nitrogens with two attached hydrogens (primary N) is 1. The van der Waals surface area contributed by atoms with Gasteiger partial charge in [-0.3, -0.25) is 38.8 Å². The third-order valence-electron chi connectivity index (χ3n) is 11.1. The van der Waals surface area contributed by atoms with Gasteiger partial charge in [0, 0.05) is 34.3 Å². The van der Waals surface area contributed by atoms with Crippen LogP contribution in [0.4, 0.5) is 0 Å². The van der Waals surface area contributed by atoms with E-state index in [2.05, 4.69) is 41.2 Å². The Morgan fingerprint density at radius 1 is 0.815 bits per heavy atom. The van der Waals surface area contributed by atoms with Crippen molar-refractivity contribution in [2.24, 2.45) is 15.7 Å². The van der Waals surface area contributed by atoms with Gasteiger partial charge in [-0.05, 0) is 76.4 Å². The number of amides is 4. The maximum absolute atomic E-state index is 13.3. The summed E-state index contributed by atoms with van der Waals surface area (Å²) in [6.45, 7) is 3.82. The minimum Gasteiger partial charge on any atom is -0.349 e. The number of thiazole rings is 2. The fraction of sp³-hybridized carbons (Fsp3) is 0.514. The minimum atomic E-state index is -1.17. The van der Waals surface area contributed by atoms with Crippen LogP contribution in [0.3, 0.4) is 0 Å². The molecule has 8 rings (SSSR count). The van der Waals surface area contributed by atoms with Crippen LogP contribution < -0.4 is 27.0 Å². The number of carbonyl (C=O) groups excluding carboxylic acids is 6. The molecule has 2 spiro atoms. The van der Waals surface area contributed by atoms with Gasteiger partial charge in [0.15, 0.2) is 0 Å². The summed E-state index contributed by atoms with van der Waals surface area (Å²) < 4.78 is 0. The van der Waals surface area contributed by atoms with Gasteiger partial charge in [-0.15, -0.1) is 22.7 Å². The van der Waals surface area contributed by atoms with Crippen LogP contribution in [0.15, 0.2) is 43.0 Å². The van der Waals surface area contributed by atoms with Gasteiger partial charge in [0.05, 0.1) is 48.2 Å². The maximum Gasteiger partial charge on any atom is 0.253 e. The smallest absolute Gasteiger partial charge is 0.253 e. The summed E-state index contributed by atoms with van der Waals surface area (Å²) in [5, 5.41) is 15.4. The molecule has 0 aromatic carbocycles. The normalized spacial score (nSPS) is 23.8. The summed E-state index contributed by atoms with van der Waals surface area (Å²) in [7, 11) is 0. The van der Waals surface area contributed by atoms with Gasteiger partial charge < -0.3 is 27.0 Å². The molecule has 2 saturated carbocycles. The van der Waals surface area contributed by atoms with E-state index in [1.54, 1.807) is 5.38 Å². The first-order chi connectivity index (χ1) is 25.8. The van der Waals surface area contributed by atoms with Crippen molar-refractivity contribution in [3.05, 3.63) is 54.5 Å². The van der Waals surface area contributed by atoms with Gasteiger partial charge in [-0.25, -0.2) is 9.97 Å². The molecule has 17 heteroatoms. The summed E-state index contributed by atoms with van der Waals surface area (Å²) in [5.41, 5.74) is 9.72. The molecule has 6 heterocycles. The van der Waals surface area contributed by atoms with E-state index in [1.807, 2.05) is 13.8 Å². The van der Waals surface area contributed by atoms with Crippen LogP contribution >= 0.6 is 22.7 Å². The zero-order valence-corrected chi connectivity index (χ0v) is 31.6. The quantitative estimate of drug-likeness (QED) is 0.177. The molecule has 0 saturated heterocycles. The van der Waals surface area contributed by atoms with Gasteiger partial charge in [-0.2, -0.15) is 0 Å². The zero-order chi connectivity index (χ0) is 37.9. The SMILES string of the molecule is C[C@H]1CCC(C2=C(CC(=O)NCC(=O)c3csc([C@@H](N)C(=O)c4csc(CNC(=O)CC5=C(C6=N[C@@H](C)CC6)C(=O)NC56CC6)n4)n3)C3(CC3)NC2=O)=N1. The topological polar surface area (TPSA) is 227 Å². The Labute approximate surface area is 318 Å². The monoisotopic (exact) mass is 771 g/mol. The molecule has 2 fully saturated rings. The highest BCUT2D eigenvalue weighted by atomic mass is 32.1. The Bertz CT molecular complexity index is 2140. The van der Waals surface area contributed by atoms with E-state index in [1.165, 1.54) is 16.7 Å². The van der Waals surface area contributed by atoms with Crippen LogP contribution in [0.5, 0.6) is 0 Å². The Balaban J connectivity index is 0.839. The molecule has 0 bridgehead atoms. The number of nitrogens with zero attached hydrogens (tertiary/aromatic N) is 4. The lowest BCUT2D eigenvalue weighted by atomic mass is 9.95. The van der Waals surface area contributed by atoms with Crippen molar-refractivity contribution in [2.45, 2.75) is 114 Å². The number of hydrogen-bond donors (Lipinski definition) is 5. The van der Waals surface area contributed by atoms with Crippen LogP contribution in [-0.4, -0.2) is 86.3 Å². The number of Topliss-reactive ketones (excluding diaryl/α,β-unsaturated/α-hetero) is 2. The molecule has 4 amide bonds. The molecule has 4 aliphatic heterocycles. The lowest BCUT2D eigenvalue weighted by molar-refractivity contribution is -0.121. The molecule has 282 valence electrons. The Morgan fingerprint density at radius 3 is 1.87 bits per heavy atom. The third-order valence-corrected chi connectivity index (χ3v) is 12.8. The lowest BCUT2D eigenvalue weighted by Crippen LogP contribution is -2.34. The fourth-order valence-corrected chi connectivity index (χ4v) is 9.32.